The van der Waals surface area contributed by atoms with Gasteiger partial charge in [0.15, 0.2) is 11.4 Å². The number of aromatic amines is 1. The van der Waals surface area contributed by atoms with Crippen molar-refractivity contribution in [1.29, 1.82) is 0 Å². The number of hydrogen-bond acceptors (Lipinski definition) is 3. The highest BCUT2D eigenvalue weighted by Gasteiger charge is 2.29. The molecule has 1 aliphatic rings. The zero-order chi connectivity index (χ0) is 14.0. The van der Waals surface area contributed by atoms with Gasteiger partial charge >= 0.3 is 5.97 Å². The predicted molar refractivity (Wildman–Crippen MR) is 69.1 cm³/mol. The zero-order valence-corrected chi connectivity index (χ0v) is 11.3. The number of H-pyrrole nitrogens is 1. The molecule has 1 aromatic heterocycles. The molecule has 0 bridgehead atoms. The van der Waals surface area contributed by atoms with Gasteiger partial charge in [-0.15, -0.1) is 0 Å². The van der Waals surface area contributed by atoms with Crippen LogP contribution in [0, 0.1) is 5.41 Å². The zero-order valence-electron chi connectivity index (χ0n) is 11.3. The maximum absolute atomic E-state index is 12.3. The number of imidazole rings is 1. The molecule has 1 fully saturated rings. The number of amides is 1. The van der Waals surface area contributed by atoms with Crippen LogP contribution in [0.15, 0.2) is 6.33 Å². The van der Waals surface area contributed by atoms with Gasteiger partial charge in [0.1, 0.15) is 0 Å². The summed E-state index contributed by atoms with van der Waals surface area (Å²) in [7, 11) is 0. The number of rotatable bonds is 2. The highest BCUT2D eigenvalue weighted by Crippen LogP contribution is 2.30. The van der Waals surface area contributed by atoms with E-state index in [9.17, 15) is 9.59 Å². The van der Waals surface area contributed by atoms with Gasteiger partial charge in [0.05, 0.1) is 6.33 Å². The van der Waals surface area contributed by atoms with Crippen LogP contribution in [0.1, 0.15) is 54.1 Å². The van der Waals surface area contributed by atoms with Gasteiger partial charge < -0.3 is 15.0 Å². The molecule has 6 heteroatoms. The molecule has 19 heavy (non-hydrogen) atoms. The van der Waals surface area contributed by atoms with E-state index in [1.807, 2.05) is 0 Å². The fraction of sp³-hybridized carbons (Fsp3) is 0.615. The van der Waals surface area contributed by atoms with Crippen molar-refractivity contribution >= 4 is 11.9 Å². The van der Waals surface area contributed by atoms with Crippen LogP contribution in [-0.2, 0) is 0 Å². The second-order valence-corrected chi connectivity index (χ2v) is 5.74. The molecule has 1 amide bonds. The summed E-state index contributed by atoms with van der Waals surface area (Å²) in [5, 5.41) is 9.00. The van der Waals surface area contributed by atoms with E-state index in [1.165, 1.54) is 6.33 Å². The number of nitrogens with one attached hydrogen (secondary N) is 1. The Bertz CT molecular complexity index is 493. The van der Waals surface area contributed by atoms with Gasteiger partial charge in [0, 0.05) is 13.1 Å². The largest absolute Gasteiger partial charge is 0.477 e. The Morgan fingerprint density at radius 2 is 2.11 bits per heavy atom. The van der Waals surface area contributed by atoms with Crippen LogP contribution in [0.25, 0.3) is 0 Å². The van der Waals surface area contributed by atoms with Crippen LogP contribution in [0.4, 0.5) is 0 Å². The van der Waals surface area contributed by atoms with Gasteiger partial charge in [-0.25, -0.2) is 9.78 Å². The molecule has 1 aliphatic heterocycles. The van der Waals surface area contributed by atoms with E-state index in [-0.39, 0.29) is 22.7 Å². The summed E-state index contributed by atoms with van der Waals surface area (Å²) in [5.41, 5.74) is 0.108. The first kappa shape index (κ1) is 13.6. The molecule has 1 saturated heterocycles. The van der Waals surface area contributed by atoms with Crippen LogP contribution in [-0.4, -0.2) is 44.9 Å². The average molecular weight is 265 g/mol. The molecule has 0 unspecified atom stereocenters. The Morgan fingerprint density at radius 3 is 2.79 bits per heavy atom. The smallest absolute Gasteiger partial charge is 0.354 e. The Balaban J connectivity index is 2.15. The van der Waals surface area contributed by atoms with Gasteiger partial charge in [0.2, 0.25) is 0 Å². The van der Waals surface area contributed by atoms with Gasteiger partial charge in [-0.05, 0) is 24.7 Å². The summed E-state index contributed by atoms with van der Waals surface area (Å²) < 4.78 is 0. The summed E-state index contributed by atoms with van der Waals surface area (Å²) in [4.78, 5) is 31.4. The molecule has 0 aliphatic carbocycles. The number of aromatic carboxylic acids is 1. The lowest BCUT2D eigenvalue weighted by molar-refractivity contribution is 0.0668. The highest BCUT2D eigenvalue weighted by molar-refractivity contribution is 6.02. The molecular weight excluding hydrogens is 246 g/mol. The number of carboxylic acid groups (broad SMARTS) is 1. The van der Waals surface area contributed by atoms with Crippen LogP contribution in [0.2, 0.25) is 0 Å². The molecule has 0 saturated carbocycles. The first-order valence-electron chi connectivity index (χ1n) is 6.47. The third-order valence-corrected chi connectivity index (χ3v) is 3.68. The molecule has 0 radical (unpaired) electrons. The maximum atomic E-state index is 12.3. The standard InChI is InChI=1S/C13H19N3O3/c1-13(2)4-3-6-16(7-5-13)11(17)9-10(12(18)19)15-8-14-9/h8H,3-7H2,1-2H3,(H,14,15)(H,18,19). The van der Waals surface area contributed by atoms with Crippen molar-refractivity contribution in [3.63, 3.8) is 0 Å². The highest BCUT2D eigenvalue weighted by atomic mass is 16.4. The minimum absolute atomic E-state index is 0.00667. The van der Waals surface area contributed by atoms with E-state index in [4.69, 9.17) is 5.11 Å². The fourth-order valence-corrected chi connectivity index (χ4v) is 2.40. The molecule has 2 rings (SSSR count). The van der Waals surface area contributed by atoms with E-state index in [0.717, 1.165) is 19.3 Å². The van der Waals surface area contributed by atoms with Crippen molar-refractivity contribution < 1.29 is 14.7 Å². The molecule has 2 heterocycles. The summed E-state index contributed by atoms with van der Waals surface area (Å²) in [6.07, 6.45) is 4.18. The number of nitrogens with zero attached hydrogens (tertiary/aromatic N) is 2. The topological polar surface area (TPSA) is 86.3 Å². The number of carbonyl (C=O) groups is 2. The SMILES string of the molecule is CC1(C)CCCN(C(=O)c2nc[nH]c2C(=O)O)CC1. The minimum Gasteiger partial charge on any atom is -0.477 e. The Kier molecular flexibility index (Phi) is 3.59. The number of hydrogen-bond donors (Lipinski definition) is 2. The summed E-state index contributed by atoms with van der Waals surface area (Å²) in [6.45, 7) is 5.70. The van der Waals surface area contributed by atoms with Gasteiger partial charge in [-0.1, -0.05) is 13.8 Å². The van der Waals surface area contributed by atoms with Crippen LogP contribution in [0.5, 0.6) is 0 Å². The quantitative estimate of drug-likeness (QED) is 0.853. The van der Waals surface area contributed by atoms with Crippen LogP contribution >= 0.6 is 0 Å². The lowest BCUT2D eigenvalue weighted by Gasteiger charge is -2.23. The monoisotopic (exact) mass is 265 g/mol. The summed E-state index contributed by atoms with van der Waals surface area (Å²) >= 11 is 0. The van der Waals surface area contributed by atoms with Crippen molar-refractivity contribution in [3.05, 3.63) is 17.7 Å². The second-order valence-electron chi connectivity index (χ2n) is 5.74. The number of carbonyl (C=O) groups excluding carboxylic acids is 1. The van der Waals surface area contributed by atoms with E-state index in [0.29, 0.717) is 13.1 Å². The molecule has 0 spiro atoms. The van der Waals surface area contributed by atoms with Crippen molar-refractivity contribution in [2.24, 2.45) is 5.41 Å². The fourth-order valence-electron chi connectivity index (χ4n) is 2.40. The molecular formula is C13H19N3O3. The van der Waals surface area contributed by atoms with E-state index in [2.05, 4.69) is 23.8 Å². The predicted octanol–water partition coefficient (Wildman–Crippen LogP) is 1.76. The van der Waals surface area contributed by atoms with Crippen LogP contribution in [0.3, 0.4) is 0 Å². The Morgan fingerprint density at radius 1 is 1.37 bits per heavy atom. The lowest BCUT2D eigenvalue weighted by Crippen LogP contribution is -2.33. The van der Waals surface area contributed by atoms with Gasteiger partial charge in [-0.3, -0.25) is 4.79 Å². The number of likely N-dealkylation sites (tertiary alicyclic amines) is 1. The normalized spacial score (nSPS) is 18.9. The van der Waals surface area contributed by atoms with Crippen molar-refractivity contribution in [2.75, 3.05) is 13.1 Å². The summed E-state index contributed by atoms with van der Waals surface area (Å²) in [5.74, 6) is -1.45. The second kappa shape index (κ2) is 5.03. The van der Waals surface area contributed by atoms with Crippen LogP contribution < -0.4 is 0 Å². The van der Waals surface area contributed by atoms with Gasteiger partial charge in [-0.2, -0.15) is 0 Å². The minimum atomic E-state index is -1.16. The molecule has 104 valence electrons. The van der Waals surface area contributed by atoms with Gasteiger partial charge in [0.25, 0.3) is 5.91 Å². The molecule has 1 aromatic rings. The van der Waals surface area contributed by atoms with Crippen molar-refractivity contribution in [2.45, 2.75) is 33.1 Å². The first-order valence-corrected chi connectivity index (χ1v) is 6.47. The third-order valence-electron chi connectivity index (χ3n) is 3.68. The lowest BCUT2D eigenvalue weighted by atomic mass is 9.85. The maximum Gasteiger partial charge on any atom is 0.354 e. The van der Waals surface area contributed by atoms with E-state index in [1.54, 1.807) is 4.90 Å². The third kappa shape index (κ3) is 2.94. The number of carboxylic acids is 1. The first-order chi connectivity index (χ1) is 8.91. The summed E-state index contributed by atoms with van der Waals surface area (Å²) in [6, 6.07) is 0. The molecule has 2 N–H and O–H groups in total. The van der Waals surface area contributed by atoms with E-state index < -0.39 is 5.97 Å². The average Bonchev–Trinajstić information content (AvgIpc) is 2.74. The van der Waals surface area contributed by atoms with E-state index >= 15 is 0 Å². The molecule has 6 nitrogen and oxygen atoms in total. The Labute approximate surface area is 111 Å². The number of aromatic nitrogens is 2. The molecule has 0 aromatic carbocycles. The van der Waals surface area contributed by atoms with Crippen molar-refractivity contribution in [3.8, 4) is 0 Å². The Hall–Kier alpha value is -1.85. The van der Waals surface area contributed by atoms with Crippen molar-refractivity contribution in [1.82, 2.24) is 14.9 Å². The molecule has 0 atom stereocenters.